The molecular weight excluding hydrogens is 424 g/mol. The van der Waals surface area contributed by atoms with E-state index in [9.17, 15) is 0 Å². The van der Waals surface area contributed by atoms with Crippen molar-refractivity contribution in [3.8, 4) is 34.4 Å². The summed E-state index contributed by atoms with van der Waals surface area (Å²) in [5.41, 5.74) is 8.45. The molecule has 1 aromatic heterocycles. The first kappa shape index (κ1) is 22.9. The summed E-state index contributed by atoms with van der Waals surface area (Å²) in [6.45, 7) is 2.89. The first-order valence-corrected chi connectivity index (χ1v) is 11.0. The molecule has 0 bridgehead atoms. The van der Waals surface area contributed by atoms with Crippen LogP contribution >= 0.6 is 0 Å². The molecule has 2 N–H and O–H groups in total. The van der Waals surface area contributed by atoms with E-state index < -0.39 is 0 Å². The fourth-order valence-electron chi connectivity index (χ4n) is 3.77. The SMILES string of the molecule is CCCCOc1ccc(C2CC(c3nc(-c4cc(OC)c(OC)c(OC)c4)no3)NN2)cc1. The minimum atomic E-state index is -0.112. The number of hydrogen-bond acceptors (Lipinski definition) is 9. The molecular formula is C24H30N4O5. The average Bonchev–Trinajstić information content (AvgIpc) is 3.54. The molecule has 33 heavy (non-hydrogen) atoms. The van der Waals surface area contributed by atoms with Gasteiger partial charge in [-0.05, 0) is 42.7 Å². The number of methoxy groups -OCH3 is 3. The van der Waals surface area contributed by atoms with Gasteiger partial charge in [0.1, 0.15) is 11.8 Å². The first-order valence-electron chi connectivity index (χ1n) is 11.0. The van der Waals surface area contributed by atoms with Crippen LogP contribution in [0.3, 0.4) is 0 Å². The zero-order valence-corrected chi connectivity index (χ0v) is 19.4. The molecule has 1 aliphatic rings. The van der Waals surface area contributed by atoms with Gasteiger partial charge in [-0.25, -0.2) is 10.9 Å². The van der Waals surface area contributed by atoms with Crippen LogP contribution < -0.4 is 29.8 Å². The molecule has 2 unspecified atom stereocenters. The lowest BCUT2D eigenvalue weighted by atomic mass is 10.0. The summed E-state index contributed by atoms with van der Waals surface area (Å²) < 4.78 is 27.5. The smallest absolute Gasteiger partial charge is 0.245 e. The molecule has 2 heterocycles. The van der Waals surface area contributed by atoms with E-state index in [-0.39, 0.29) is 12.1 Å². The lowest BCUT2D eigenvalue weighted by Gasteiger charge is -2.12. The molecule has 2 aromatic carbocycles. The largest absolute Gasteiger partial charge is 0.494 e. The van der Waals surface area contributed by atoms with Crippen molar-refractivity contribution in [1.82, 2.24) is 21.0 Å². The maximum Gasteiger partial charge on any atom is 0.245 e. The Bertz CT molecular complexity index is 1030. The maximum absolute atomic E-state index is 5.75. The second-order valence-electron chi connectivity index (χ2n) is 7.77. The lowest BCUT2D eigenvalue weighted by Crippen LogP contribution is -2.26. The summed E-state index contributed by atoms with van der Waals surface area (Å²) >= 11 is 0. The van der Waals surface area contributed by atoms with Gasteiger partial charge in [-0.3, -0.25) is 0 Å². The Kier molecular flexibility index (Phi) is 7.31. The van der Waals surface area contributed by atoms with Crippen LogP contribution in [0.15, 0.2) is 40.9 Å². The number of benzene rings is 2. The Balaban J connectivity index is 1.45. The third-order valence-corrected chi connectivity index (χ3v) is 5.62. The third kappa shape index (κ3) is 5.04. The van der Waals surface area contributed by atoms with Crippen LogP contribution in [0, 0.1) is 0 Å². The second-order valence-corrected chi connectivity index (χ2v) is 7.77. The van der Waals surface area contributed by atoms with Crippen LogP contribution in [-0.2, 0) is 0 Å². The molecule has 0 aliphatic carbocycles. The first-order chi connectivity index (χ1) is 16.2. The van der Waals surface area contributed by atoms with Gasteiger partial charge in [0.05, 0.1) is 27.9 Å². The highest BCUT2D eigenvalue weighted by atomic mass is 16.5. The normalized spacial score (nSPS) is 17.7. The van der Waals surface area contributed by atoms with Gasteiger partial charge in [-0.15, -0.1) is 0 Å². The molecule has 9 heteroatoms. The number of hydrazine groups is 1. The number of unbranched alkanes of at least 4 members (excludes halogenated alkanes) is 1. The Morgan fingerprint density at radius 2 is 1.67 bits per heavy atom. The van der Waals surface area contributed by atoms with Crippen LogP contribution in [0.1, 0.15) is 49.7 Å². The van der Waals surface area contributed by atoms with Crippen molar-refractivity contribution < 1.29 is 23.5 Å². The lowest BCUT2D eigenvalue weighted by molar-refractivity contribution is 0.309. The number of nitrogens with one attached hydrogen (secondary N) is 2. The van der Waals surface area contributed by atoms with Gasteiger partial charge in [-0.1, -0.05) is 30.6 Å². The van der Waals surface area contributed by atoms with Crippen LogP contribution in [0.4, 0.5) is 0 Å². The van der Waals surface area contributed by atoms with Crippen LogP contribution in [0.25, 0.3) is 11.4 Å². The predicted molar refractivity (Wildman–Crippen MR) is 123 cm³/mol. The molecule has 4 rings (SSSR count). The molecule has 3 aromatic rings. The van der Waals surface area contributed by atoms with E-state index in [1.165, 1.54) is 0 Å². The molecule has 1 saturated heterocycles. The van der Waals surface area contributed by atoms with Gasteiger partial charge >= 0.3 is 0 Å². The van der Waals surface area contributed by atoms with E-state index in [1.54, 1.807) is 33.5 Å². The summed E-state index contributed by atoms with van der Waals surface area (Å²) in [5, 5.41) is 4.16. The summed E-state index contributed by atoms with van der Waals surface area (Å²) in [5.74, 6) is 3.42. The van der Waals surface area contributed by atoms with Gasteiger partial charge < -0.3 is 23.5 Å². The van der Waals surface area contributed by atoms with E-state index in [2.05, 4.69) is 40.0 Å². The van der Waals surface area contributed by atoms with Crippen molar-refractivity contribution in [1.29, 1.82) is 0 Å². The van der Waals surface area contributed by atoms with E-state index in [1.807, 2.05) is 12.1 Å². The molecule has 0 radical (unpaired) electrons. The maximum atomic E-state index is 5.75. The van der Waals surface area contributed by atoms with Gasteiger partial charge in [0.2, 0.25) is 17.5 Å². The predicted octanol–water partition coefficient (Wildman–Crippen LogP) is 4.22. The van der Waals surface area contributed by atoms with Crippen LogP contribution in [0.5, 0.6) is 23.0 Å². The highest BCUT2D eigenvalue weighted by Crippen LogP contribution is 2.41. The summed E-state index contributed by atoms with van der Waals surface area (Å²) in [4.78, 5) is 4.60. The minimum Gasteiger partial charge on any atom is -0.494 e. The van der Waals surface area contributed by atoms with Gasteiger partial charge in [0, 0.05) is 11.6 Å². The molecule has 2 atom stereocenters. The van der Waals surface area contributed by atoms with Gasteiger partial charge in [0.25, 0.3) is 0 Å². The molecule has 176 valence electrons. The highest BCUT2D eigenvalue weighted by molar-refractivity contribution is 5.66. The zero-order chi connectivity index (χ0) is 23.2. The number of aromatic nitrogens is 2. The Morgan fingerprint density at radius 3 is 2.30 bits per heavy atom. The second kappa shape index (κ2) is 10.5. The van der Waals surface area contributed by atoms with Crippen LogP contribution in [-0.4, -0.2) is 38.1 Å². The van der Waals surface area contributed by atoms with Crippen LogP contribution in [0.2, 0.25) is 0 Å². The third-order valence-electron chi connectivity index (χ3n) is 5.62. The van der Waals surface area contributed by atoms with E-state index in [4.69, 9.17) is 23.5 Å². The Labute approximate surface area is 193 Å². The average molecular weight is 455 g/mol. The number of hydrogen-bond donors (Lipinski definition) is 2. The van der Waals surface area contributed by atoms with Crippen molar-refractivity contribution >= 4 is 0 Å². The Hall–Kier alpha value is -3.30. The van der Waals surface area contributed by atoms with E-state index in [0.717, 1.165) is 37.2 Å². The summed E-state index contributed by atoms with van der Waals surface area (Å²) in [6, 6.07) is 11.8. The van der Waals surface area contributed by atoms with Crippen molar-refractivity contribution in [3.63, 3.8) is 0 Å². The van der Waals surface area contributed by atoms with Crippen molar-refractivity contribution in [2.45, 2.75) is 38.3 Å². The molecule has 9 nitrogen and oxygen atoms in total. The number of rotatable bonds is 10. The number of nitrogens with zero attached hydrogens (tertiary/aromatic N) is 2. The quantitative estimate of drug-likeness (QED) is 0.436. The van der Waals surface area contributed by atoms with Crippen molar-refractivity contribution in [2.24, 2.45) is 0 Å². The van der Waals surface area contributed by atoms with Crippen molar-refractivity contribution in [3.05, 3.63) is 47.9 Å². The van der Waals surface area contributed by atoms with Gasteiger partial charge in [-0.2, -0.15) is 4.98 Å². The molecule has 1 aliphatic heterocycles. The summed E-state index contributed by atoms with van der Waals surface area (Å²) in [6.07, 6.45) is 2.95. The zero-order valence-electron chi connectivity index (χ0n) is 19.4. The monoisotopic (exact) mass is 454 g/mol. The van der Waals surface area contributed by atoms with E-state index in [0.29, 0.717) is 34.5 Å². The molecule has 0 amide bonds. The summed E-state index contributed by atoms with van der Waals surface area (Å²) in [7, 11) is 4.70. The fourth-order valence-corrected chi connectivity index (χ4v) is 3.77. The standard InChI is InChI=1S/C24H30N4O5/c1-5-6-11-32-17-9-7-15(8-10-17)18-14-19(27-26-18)24-25-23(28-33-24)16-12-20(29-2)22(31-4)21(13-16)30-3/h7-10,12-13,18-19,26-27H,5-6,11,14H2,1-4H3. The van der Waals surface area contributed by atoms with E-state index >= 15 is 0 Å². The number of ether oxygens (including phenoxy) is 4. The molecule has 0 saturated carbocycles. The molecule has 0 spiro atoms. The Morgan fingerprint density at radius 1 is 0.970 bits per heavy atom. The molecule has 1 fully saturated rings. The fraction of sp³-hybridized carbons (Fsp3) is 0.417. The van der Waals surface area contributed by atoms with Gasteiger partial charge in [0.15, 0.2) is 11.5 Å². The topological polar surface area (TPSA) is 99.9 Å². The highest BCUT2D eigenvalue weighted by Gasteiger charge is 2.30. The van der Waals surface area contributed by atoms with Crippen molar-refractivity contribution in [2.75, 3.05) is 27.9 Å². The minimum absolute atomic E-state index is 0.112.